The molecule has 0 radical (unpaired) electrons. The number of aromatic nitrogens is 2. The molecule has 1 aliphatic rings. The standard InChI is InChI=1S/C27H31N5O3S/c1-19-6-7-23(27(35)29-14-10-22-5-3-17-36-22)26(30-19)20-11-15-32(16-12-20)25(34)9-8-24(33)31-21-4-2-13-28-18-21/h2-7,13,17-18,20H,8-12,14-16H2,1H3,(H,29,35)(H,31,33). The average molecular weight is 506 g/mol. The lowest BCUT2D eigenvalue weighted by atomic mass is 9.89. The Morgan fingerprint density at radius 2 is 1.92 bits per heavy atom. The molecule has 2 N–H and O–H groups in total. The van der Waals surface area contributed by atoms with E-state index in [1.54, 1.807) is 35.9 Å². The van der Waals surface area contributed by atoms with Crippen LogP contribution in [-0.2, 0) is 16.0 Å². The third-order valence-corrected chi connectivity index (χ3v) is 7.23. The van der Waals surface area contributed by atoms with Crippen molar-refractivity contribution >= 4 is 34.7 Å². The summed E-state index contributed by atoms with van der Waals surface area (Å²) in [5, 5.41) is 7.82. The number of nitrogens with one attached hydrogen (secondary N) is 2. The maximum atomic E-state index is 12.9. The Hall–Kier alpha value is -3.59. The zero-order valence-corrected chi connectivity index (χ0v) is 21.2. The first-order valence-corrected chi connectivity index (χ1v) is 13.1. The number of hydrogen-bond acceptors (Lipinski definition) is 6. The summed E-state index contributed by atoms with van der Waals surface area (Å²) >= 11 is 1.69. The molecule has 1 aliphatic heterocycles. The first kappa shape index (κ1) is 25.5. The highest BCUT2D eigenvalue weighted by molar-refractivity contribution is 7.09. The smallest absolute Gasteiger partial charge is 0.253 e. The van der Waals surface area contributed by atoms with Crippen molar-refractivity contribution in [2.24, 2.45) is 0 Å². The van der Waals surface area contributed by atoms with Crippen LogP contribution in [0.1, 0.15) is 58.2 Å². The van der Waals surface area contributed by atoms with E-state index in [4.69, 9.17) is 4.98 Å². The van der Waals surface area contributed by atoms with Crippen molar-refractivity contribution in [1.82, 2.24) is 20.2 Å². The Balaban J connectivity index is 1.28. The molecule has 0 bridgehead atoms. The van der Waals surface area contributed by atoms with Crippen LogP contribution in [-0.4, -0.2) is 52.2 Å². The van der Waals surface area contributed by atoms with Crippen molar-refractivity contribution < 1.29 is 14.4 Å². The Morgan fingerprint density at radius 1 is 1.08 bits per heavy atom. The Morgan fingerprint density at radius 3 is 2.64 bits per heavy atom. The van der Waals surface area contributed by atoms with Crippen LogP contribution in [0.2, 0.25) is 0 Å². The molecule has 3 aromatic rings. The lowest BCUT2D eigenvalue weighted by Gasteiger charge is -2.32. The molecule has 3 amide bonds. The molecule has 0 aromatic carbocycles. The summed E-state index contributed by atoms with van der Waals surface area (Å²) < 4.78 is 0. The molecule has 8 nitrogen and oxygen atoms in total. The van der Waals surface area contributed by atoms with E-state index in [2.05, 4.69) is 21.7 Å². The number of carbonyl (C=O) groups is 3. The van der Waals surface area contributed by atoms with Gasteiger partial charge in [-0.1, -0.05) is 6.07 Å². The Labute approximate surface area is 215 Å². The van der Waals surface area contributed by atoms with Crippen LogP contribution in [0, 0.1) is 6.92 Å². The maximum absolute atomic E-state index is 12.9. The van der Waals surface area contributed by atoms with E-state index in [1.165, 1.54) is 4.88 Å². The van der Waals surface area contributed by atoms with Gasteiger partial charge in [-0.2, -0.15) is 0 Å². The highest BCUT2D eigenvalue weighted by Crippen LogP contribution is 2.30. The van der Waals surface area contributed by atoms with Gasteiger partial charge in [0.15, 0.2) is 0 Å². The first-order chi connectivity index (χ1) is 17.5. The average Bonchev–Trinajstić information content (AvgIpc) is 3.41. The van der Waals surface area contributed by atoms with Crippen LogP contribution in [0.3, 0.4) is 0 Å². The fraction of sp³-hybridized carbons (Fsp3) is 0.370. The SMILES string of the molecule is Cc1ccc(C(=O)NCCc2cccs2)c(C2CCN(C(=O)CCC(=O)Nc3cccnc3)CC2)n1. The third kappa shape index (κ3) is 6.97. The van der Waals surface area contributed by atoms with Gasteiger partial charge in [-0.25, -0.2) is 0 Å². The van der Waals surface area contributed by atoms with Crippen LogP contribution in [0.15, 0.2) is 54.2 Å². The number of pyridine rings is 2. The van der Waals surface area contributed by atoms with Crippen molar-refractivity contribution in [3.8, 4) is 0 Å². The molecular formula is C27H31N5O3S. The van der Waals surface area contributed by atoms with Crippen molar-refractivity contribution in [2.45, 2.75) is 44.9 Å². The Kier molecular flexibility index (Phi) is 8.78. The highest BCUT2D eigenvalue weighted by Gasteiger charge is 2.28. The van der Waals surface area contributed by atoms with Gasteiger partial charge in [-0.3, -0.25) is 24.4 Å². The van der Waals surface area contributed by atoms with Gasteiger partial charge in [0, 0.05) is 55.2 Å². The number of aryl methyl sites for hydroxylation is 1. The number of hydrogen-bond donors (Lipinski definition) is 2. The number of amides is 3. The summed E-state index contributed by atoms with van der Waals surface area (Å²) in [5.41, 5.74) is 2.92. The van der Waals surface area contributed by atoms with Crippen LogP contribution in [0.5, 0.6) is 0 Å². The summed E-state index contributed by atoms with van der Waals surface area (Å²) in [4.78, 5) is 49.5. The molecule has 3 aromatic heterocycles. The monoisotopic (exact) mass is 505 g/mol. The number of piperidine rings is 1. The molecule has 1 fully saturated rings. The normalized spacial score (nSPS) is 13.9. The van der Waals surface area contributed by atoms with Gasteiger partial charge in [-0.05, 0) is 61.9 Å². The fourth-order valence-electron chi connectivity index (χ4n) is 4.37. The lowest BCUT2D eigenvalue weighted by Crippen LogP contribution is -2.39. The second-order valence-corrected chi connectivity index (χ2v) is 9.95. The van der Waals surface area contributed by atoms with Crippen molar-refractivity contribution in [3.63, 3.8) is 0 Å². The molecule has 4 rings (SSSR count). The third-order valence-electron chi connectivity index (χ3n) is 6.29. The quantitative estimate of drug-likeness (QED) is 0.458. The van der Waals surface area contributed by atoms with Gasteiger partial charge < -0.3 is 15.5 Å². The predicted octanol–water partition coefficient (Wildman–Crippen LogP) is 3.94. The molecule has 188 valence electrons. The van der Waals surface area contributed by atoms with Gasteiger partial charge in [0.1, 0.15) is 0 Å². The van der Waals surface area contributed by atoms with Gasteiger partial charge in [-0.15, -0.1) is 11.3 Å². The molecular weight excluding hydrogens is 474 g/mol. The van der Waals surface area contributed by atoms with E-state index >= 15 is 0 Å². The van der Waals surface area contributed by atoms with Crippen molar-refractivity contribution in [2.75, 3.05) is 25.0 Å². The summed E-state index contributed by atoms with van der Waals surface area (Å²) in [6, 6.07) is 11.3. The zero-order chi connectivity index (χ0) is 25.3. The Bertz CT molecular complexity index is 1180. The number of likely N-dealkylation sites (tertiary alicyclic amines) is 1. The minimum atomic E-state index is -0.204. The molecule has 0 saturated carbocycles. The summed E-state index contributed by atoms with van der Waals surface area (Å²) in [5.74, 6) is -0.225. The number of carbonyl (C=O) groups excluding carboxylic acids is 3. The van der Waals surface area contributed by atoms with Crippen LogP contribution in [0.25, 0.3) is 0 Å². The second-order valence-electron chi connectivity index (χ2n) is 8.92. The number of nitrogens with zero attached hydrogens (tertiary/aromatic N) is 3. The van der Waals surface area contributed by atoms with Crippen LogP contribution < -0.4 is 10.6 Å². The van der Waals surface area contributed by atoms with Crippen LogP contribution >= 0.6 is 11.3 Å². The highest BCUT2D eigenvalue weighted by atomic mass is 32.1. The van der Waals surface area contributed by atoms with E-state index in [0.29, 0.717) is 30.9 Å². The molecule has 4 heterocycles. The van der Waals surface area contributed by atoms with E-state index in [0.717, 1.165) is 30.7 Å². The molecule has 0 spiro atoms. The van der Waals surface area contributed by atoms with Gasteiger partial charge in [0.25, 0.3) is 5.91 Å². The largest absolute Gasteiger partial charge is 0.352 e. The van der Waals surface area contributed by atoms with E-state index in [1.807, 2.05) is 35.4 Å². The summed E-state index contributed by atoms with van der Waals surface area (Å²) in [7, 11) is 0. The summed E-state index contributed by atoms with van der Waals surface area (Å²) in [6.45, 7) is 3.68. The summed E-state index contributed by atoms with van der Waals surface area (Å²) in [6.07, 6.45) is 5.77. The second kappa shape index (κ2) is 12.4. The van der Waals surface area contributed by atoms with Crippen LogP contribution in [0.4, 0.5) is 5.69 Å². The van der Waals surface area contributed by atoms with Gasteiger partial charge in [0.2, 0.25) is 11.8 Å². The molecule has 0 aliphatic carbocycles. The fourth-order valence-corrected chi connectivity index (χ4v) is 5.08. The van der Waals surface area contributed by atoms with Gasteiger partial charge in [0.05, 0.1) is 23.1 Å². The molecule has 0 unspecified atom stereocenters. The lowest BCUT2D eigenvalue weighted by molar-refractivity contribution is -0.133. The molecule has 1 saturated heterocycles. The van der Waals surface area contributed by atoms with E-state index in [-0.39, 0.29) is 36.5 Å². The van der Waals surface area contributed by atoms with Gasteiger partial charge >= 0.3 is 0 Å². The number of rotatable bonds is 9. The molecule has 9 heteroatoms. The van der Waals surface area contributed by atoms with Crippen molar-refractivity contribution in [1.29, 1.82) is 0 Å². The first-order valence-electron chi connectivity index (χ1n) is 12.3. The topological polar surface area (TPSA) is 104 Å². The number of thiophene rings is 1. The van der Waals surface area contributed by atoms with E-state index in [9.17, 15) is 14.4 Å². The predicted molar refractivity (Wildman–Crippen MR) is 140 cm³/mol. The zero-order valence-electron chi connectivity index (χ0n) is 20.4. The minimum absolute atomic E-state index is 0.0291. The number of anilines is 1. The molecule has 36 heavy (non-hydrogen) atoms. The van der Waals surface area contributed by atoms with Crippen molar-refractivity contribution in [3.05, 3.63) is 76.0 Å². The van der Waals surface area contributed by atoms with E-state index < -0.39 is 0 Å². The molecule has 0 atom stereocenters. The minimum Gasteiger partial charge on any atom is -0.352 e. The maximum Gasteiger partial charge on any atom is 0.253 e.